The molecule has 10 nitrogen and oxygen atoms in total. The first-order valence-electron chi connectivity index (χ1n) is 9.52. The van der Waals surface area contributed by atoms with Crippen LogP contribution in [0.4, 0.5) is 23.3 Å². The van der Waals surface area contributed by atoms with E-state index in [-0.39, 0.29) is 17.5 Å². The first kappa shape index (κ1) is 20.8. The van der Waals surface area contributed by atoms with E-state index in [4.69, 9.17) is 22.1 Å². The molecule has 1 aromatic carbocycles. The summed E-state index contributed by atoms with van der Waals surface area (Å²) >= 11 is 6.15. The van der Waals surface area contributed by atoms with Gasteiger partial charge in [-0.1, -0.05) is 11.6 Å². The van der Waals surface area contributed by atoms with Gasteiger partial charge < -0.3 is 26.0 Å². The fraction of sp³-hybridized carbons (Fsp3) is 0.250. The molecule has 0 radical (unpaired) electrons. The number of anilines is 4. The molecule has 0 bridgehead atoms. The monoisotopic (exact) mass is 440 g/mol. The fourth-order valence-electron chi connectivity index (χ4n) is 3.34. The minimum atomic E-state index is -0.781. The number of carbonyl (C=O) groups is 1. The average Bonchev–Trinajstić information content (AvgIpc) is 2.75. The number of nitrogens with one attached hydrogen (secondary N) is 2. The van der Waals surface area contributed by atoms with Crippen LogP contribution in [0.5, 0.6) is 5.75 Å². The number of carbonyl (C=O) groups excluding carboxylic acids is 1. The van der Waals surface area contributed by atoms with E-state index in [2.05, 4.69) is 42.7 Å². The summed E-state index contributed by atoms with van der Waals surface area (Å²) in [7, 11) is 3.69. The van der Waals surface area contributed by atoms with E-state index in [1.807, 2.05) is 12.1 Å². The topological polar surface area (TPSA) is 131 Å². The van der Waals surface area contributed by atoms with E-state index in [9.17, 15) is 4.79 Å². The highest BCUT2D eigenvalue weighted by atomic mass is 35.5. The summed E-state index contributed by atoms with van der Waals surface area (Å²) < 4.78 is 5.55. The van der Waals surface area contributed by atoms with Crippen LogP contribution in [-0.2, 0) is 13.0 Å². The van der Waals surface area contributed by atoms with Gasteiger partial charge in [0.25, 0.3) is 5.91 Å². The predicted molar refractivity (Wildman–Crippen MR) is 117 cm³/mol. The summed E-state index contributed by atoms with van der Waals surface area (Å²) in [6.45, 7) is 1.83. The van der Waals surface area contributed by atoms with Gasteiger partial charge in [-0.25, -0.2) is 4.98 Å². The Hall–Kier alpha value is -3.50. The molecule has 1 amide bonds. The minimum absolute atomic E-state index is 0.0872. The van der Waals surface area contributed by atoms with Crippen molar-refractivity contribution in [2.24, 2.45) is 5.73 Å². The molecule has 3 heterocycles. The van der Waals surface area contributed by atoms with Gasteiger partial charge in [-0.15, -0.1) is 10.2 Å². The lowest BCUT2D eigenvalue weighted by Crippen LogP contribution is -2.26. The van der Waals surface area contributed by atoms with Crippen LogP contribution in [0.1, 0.15) is 21.6 Å². The number of methoxy groups -OCH3 is 1. The molecule has 0 atom stereocenters. The van der Waals surface area contributed by atoms with Crippen LogP contribution < -0.4 is 21.1 Å². The number of primary amides is 1. The number of ether oxygens (including phenoxy) is 1. The summed E-state index contributed by atoms with van der Waals surface area (Å²) in [5.41, 5.74) is 8.42. The van der Waals surface area contributed by atoms with E-state index >= 15 is 0 Å². The molecule has 0 spiro atoms. The lowest BCUT2D eigenvalue weighted by molar-refractivity contribution is 0.0995. The molecule has 0 aliphatic carbocycles. The molecule has 1 aliphatic heterocycles. The SMILES string of the molecule is COc1cc2c(cc1Nc1nnc(C(N)=O)c(Nc3ncccc3Cl)n1)CCN(C)C2. The average molecular weight is 441 g/mol. The lowest BCUT2D eigenvalue weighted by Gasteiger charge is -2.26. The zero-order valence-electron chi connectivity index (χ0n) is 17.0. The van der Waals surface area contributed by atoms with Crippen LogP contribution in [0.15, 0.2) is 30.5 Å². The Balaban J connectivity index is 1.68. The normalized spacial score (nSPS) is 13.4. The van der Waals surface area contributed by atoms with Gasteiger partial charge in [0.05, 0.1) is 17.8 Å². The number of nitrogens with two attached hydrogens (primary N) is 1. The number of hydrogen-bond donors (Lipinski definition) is 3. The first-order valence-corrected chi connectivity index (χ1v) is 9.90. The summed E-state index contributed by atoms with van der Waals surface area (Å²) in [6.07, 6.45) is 2.48. The van der Waals surface area contributed by atoms with E-state index < -0.39 is 5.91 Å². The molecule has 1 aliphatic rings. The molecular weight excluding hydrogens is 420 g/mol. The third kappa shape index (κ3) is 4.49. The number of benzene rings is 1. The minimum Gasteiger partial charge on any atom is -0.495 e. The Morgan fingerprint density at radius 3 is 2.81 bits per heavy atom. The molecule has 0 saturated carbocycles. The molecule has 160 valence electrons. The maximum Gasteiger partial charge on any atom is 0.273 e. The number of likely N-dealkylation sites (N-methyl/N-ethyl adjacent to an activating group) is 1. The molecule has 31 heavy (non-hydrogen) atoms. The van der Waals surface area contributed by atoms with E-state index in [0.29, 0.717) is 22.3 Å². The highest BCUT2D eigenvalue weighted by molar-refractivity contribution is 6.33. The second-order valence-electron chi connectivity index (χ2n) is 7.09. The van der Waals surface area contributed by atoms with Gasteiger partial charge in [-0.05, 0) is 48.9 Å². The standard InChI is InChI=1S/C20H21ClN8O2/c1-29-7-5-11-8-14(15(31-2)9-12(11)10-29)24-20-26-19(16(17(22)30)27-28-20)25-18-13(21)4-3-6-23-18/h3-4,6,8-9H,5,7,10H2,1-2H3,(H2,22,30)(H2,23,24,25,26,28). The maximum atomic E-state index is 11.8. The summed E-state index contributed by atoms with van der Waals surface area (Å²) in [6, 6.07) is 7.37. The number of fused-ring (bicyclic) bond motifs is 1. The lowest BCUT2D eigenvalue weighted by atomic mass is 9.99. The Morgan fingerprint density at radius 2 is 2.06 bits per heavy atom. The molecule has 4 N–H and O–H groups in total. The van der Waals surface area contributed by atoms with Crippen molar-refractivity contribution in [3.63, 3.8) is 0 Å². The van der Waals surface area contributed by atoms with E-state index in [1.165, 1.54) is 11.1 Å². The van der Waals surface area contributed by atoms with Crippen molar-refractivity contribution in [3.05, 3.63) is 52.3 Å². The van der Waals surface area contributed by atoms with Crippen molar-refractivity contribution < 1.29 is 9.53 Å². The molecule has 2 aromatic heterocycles. The van der Waals surface area contributed by atoms with Crippen LogP contribution in [-0.4, -0.2) is 51.7 Å². The number of rotatable bonds is 6. The molecule has 3 aromatic rings. The fourth-order valence-corrected chi connectivity index (χ4v) is 3.51. The van der Waals surface area contributed by atoms with Gasteiger partial charge in [-0.2, -0.15) is 4.98 Å². The highest BCUT2D eigenvalue weighted by Gasteiger charge is 2.19. The van der Waals surface area contributed by atoms with Crippen molar-refractivity contribution in [3.8, 4) is 5.75 Å². The highest BCUT2D eigenvalue weighted by Crippen LogP contribution is 2.33. The van der Waals surface area contributed by atoms with Gasteiger partial charge in [0, 0.05) is 19.3 Å². The van der Waals surface area contributed by atoms with Gasteiger partial charge >= 0.3 is 0 Å². The Labute approximate surface area is 183 Å². The number of nitrogens with zero attached hydrogens (tertiary/aromatic N) is 5. The quantitative estimate of drug-likeness (QED) is 0.528. The van der Waals surface area contributed by atoms with Crippen molar-refractivity contribution in [2.75, 3.05) is 31.3 Å². The molecule has 11 heteroatoms. The van der Waals surface area contributed by atoms with Crippen LogP contribution in [0.2, 0.25) is 5.02 Å². The Morgan fingerprint density at radius 1 is 1.23 bits per heavy atom. The van der Waals surface area contributed by atoms with Gasteiger partial charge in [0.2, 0.25) is 5.95 Å². The smallest absolute Gasteiger partial charge is 0.273 e. The summed E-state index contributed by atoms with van der Waals surface area (Å²) in [5, 5.41) is 14.3. The number of pyridine rings is 1. The summed E-state index contributed by atoms with van der Waals surface area (Å²) in [5.74, 6) is 0.430. The van der Waals surface area contributed by atoms with Crippen molar-refractivity contribution in [1.29, 1.82) is 0 Å². The molecule has 0 saturated heterocycles. The maximum absolute atomic E-state index is 11.8. The van der Waals surface area contributed by atoms with Crippen LogP contribution in [0.25, 0.3) is 0 Å². The van der Waals surface area contributed by atoms with Crippen LogP contribution >= 0.6 is 11.6 Å². The van der Waals surface area contributed by atoms with Crippen molar-refractivity contribution in [1.82, 2.24) is 25.1 Å². The van der Waals surface area contributed by atoms with Gasteiger partial charge in [0.1, 0.15) is 11.6 Å². The van der Waals surface area contributed by atoms with Crippen molar-refractivity contribution >= 4 is 40.8 Å². The van der Waals surface area contributed by atoms with Gasteiger partial charge in [0.15, 0.2) is 11.5 Å². The molecule has 4 rings (SSSR count). The Bertz CT molecular complexity index is 1140. The number of amides is 1. The molecule has 0 unspecified atom stereocenters. The second kappa shape index (κ2) is 8.70. The van der Waals surface area contributed by atoms with E-state index in [1.54, 1.807) is 25.4 Å². The van der Waals surface area contributed by atoms with Crippen molar-refractivity contribution in [2.45, 2.75) is 13.0 Å². The van der Waals surface area contributed by atoms with Crippen LogP contribution in [0.3, 0.4) is 0 Å². The van der Waals surface area contributed by atoms with Crippen LogP contribution in [0, 0.1) is 0 Å². The van der Waals surface area contributed by atoms with E-state index in [0.717, 1.165) is 19.5 Å². The Kier molecular flexibility index (Phi) is 5.83. The predicted octanol–water partition coefficient (Wildman–Crippen LogP) is 2.50. The number of halogens is 1. The summed E-state index contributed by atoms with van der Waals surface area (Å²) in [4.78, 5) is 22.6. The zero-order valence-corrected chi connectivity index (χ0v) is 17.8. The number of aromatic nitrogens is 4. The van der Waals surface area contributed by atoms with Gasteiger partial charge in [-0.3, -0.25) is 4.79 Å². The third-order valence-electron chi connectivity index (χ3n) is 4.89. The molecule has 0 fully saturated rings. The third-order valence-corrected chi connectivity index (χ3v) is 5.19. The first-order chi connectivity index (χ1) is 14.9. The number of hydrogen-bond acceptors (Lipinski definition) is 9. The molecular formula is C20H21ClN8O2. The largest absolute Gasteiger partial charge is 0.495 e. The second-order valence-corrected chi connectivity index (χ2v) is 7.50. The zero-order chi connectivity index (χ0) is 22.0.